The number of rotatable bonds is 5. The van der Waals surface area contributed by atoms with Crippen LogP contribution in [-0.4, -0.2) is 22.2 Å². The minimum Gasteiger partial charge on any atom is -0.488 e. The summed E-state index contributed by atoms with van der Waals surface area (Å²) in [5, 5.41) is 4.42. The van der Waals surface area contributed by atoms with Crippen LogP contribution in [0.1, 0.15) is 24.5 Å². The van der Waals surface area contributed by atoms with Crippen LogP contribution in [0.4, 0.5) is 10.1 Å². The highest BCUT2D eigenvalue weighted by Gasteiger charge is 2.25. The molecule has 0 N–H and O–H groups in total. The normalized spacial score (nSPS) is 12.1. The molecule has 1 amide bonds. The lowest BCUT2D eigenvalue weighted by Gasteiger charge is -2.24. The van der Waals surface area contributed by atoms with E-state index in [1.807, 2.05) is 32.0 Å². The van der Waals surface area contributed by atoms with Crippen molar-refractivity contribution in [2.75, 3.05) is 11.4 Å². The van der Waals surface area contributed by atoms with Crippen LogP contribution in [0.25, 0.3) is 11.3 Å². The van der Waals surface area contributed by atoms with Crippen molar-refractivity contribution in [3.05, 3.63) is 65.6 Å². The predicted molar refractivity (Wildman–Crippen MR) is 106 cm³/mol. The highest BCUT2D eigenvalue weighted by atomic mass is 19.1. The van der Waals surface area contributed by atoms with Crippen LogP contribution in [0.5, 0.6) is 5.75 Å². The molecule has 6 heteroatoms. The third-order valence-corrected chi connectivity index (χ3v) is 4.87. The summed E-state index contributed by atoms with van der Waals surface area (Å²) in [6.45, 7) is 4.89. The van der Waals surface area contributed by atoms with Crippen molar-refractivity contribution in [1.82, 2.24) is 9.78 Å². The first-order valence-electron chi connectivity index (χ1n) is 9.42. The van der Waals surface area contributed by atoms with E-state index in [9.17, 15) is 9.18 Å². The van der Waals surface area contributed by atoms with Gasteiger partial charge in [0.1, 0.15) is 24.7 Å². The molecule has 1 aliphatic rings. The molecule has 0 bridgehead atoms. The van der Waals surface area contributed by atoms with Gasteiger partial charge in [-0.1, -0.05) is 30.7 Å². The number of hydrogen-bond acceptors (Lipinski definition) is 3. The van der Waals surface area contributed by atoms with Crippen LogP contribution in [0.15, 0.2) is 48.7 Å². The van der Waals surface area contributed by atoms with E-state index in [-0.39, 0.29) is 12.5 Å². The molecule has 0 saturated carbocycles. The van der Waals surface area contributed by atoms with Gasteiger partial charge in [-0.2, -0.15) is 5.10 Å². The van der Waals surface area contributed by atoms with Gasteiger partial charge in [-0.15, -0.1) is 0 Å². The molecule has 5 nitrogen and oxygen atoms in total. The average Bonchev–Trinajstić information content (AvgIpc) is 3.10. The van der Waals surface area contributed by atoms with Crippen molar-refractivity contribution in [2.45, 2.75) is 33.4 Å². The van der Waals surface area contributed by atoms with Crippen molar-refractivity contribution < 1.29 is 13.9 Å². The number of aromatic nitrogens is 2. The first-order chi connectivity index (χ1) is 13.6. The van der Waals surface area contributed by atoms with Gasteiger partial charge in [-0.25, -0.2) is 4.39 Å². The number of ether oxygens (including phenoxy) is 1. The number of fused-ring (bicyclic) bond motifs is 3. The van der Waals surface area contributed by atoms with Gasteiger partial charge < -0.3 is 9.64 Å². The summed E-state index contributed by atoms with van der Waals surface area (Å²) in [7, 11) is 0. The van der Waals surface area contributed by atoms with Crippen molar-refractivity contribution in [1.29, 1.82) is 0 Å². The minimum absolute atomic E-state index is 0.0387. The third kappa shape index (κ3) is 3.26. The Bertz CT molecular complexity index is 1030. The van der Waals surface area contributed by atoms with Gasteiger partial charge in [0.2, 0.25) is 5.91 Å². The monoisotopic (exact) mass is 379 g/mol. The van der Waals surface area contributed by atoms with Crippen molar-refractivity contribution in [3.8, 4) is 17.0 Å². The predicted octanol–water partition coefficient (Wildman–Crippen LogP) is 4.33. The Morgan fingerprint density at radius 1 is 1.29 bits per heavy atom. The van der Waals surface area contributed by atoms with Gasteiger partial charge in [0, 0.05) is 17.7 Å². The van der Waals surface area contributed by atoms with E-state index < -0.39 is 5.82 Å². The molecular weight excluding hydrogens is 357 g/mol. The standard InChI is InChI=1S/C22H22FN3O2/c1-3-10-25(19-7-5-4-6-18(19)23)21(27)13-26-22-16(12-24-26)14-28-20-9-8-15(2)11-17(20)22/h4-9,11-12H,3,10,13-14H2,1-2H3. The Morgan fingerprint density at radius 3 is 2.89 bits per heavy atom. The average molecular weight is 379 g/mol. The number of hydrogen-bond donors (Lipinski definition) is 0. The van der Waals surface area contributed by atoms with Gasteiger partial charge in [-0.05, 0) is 37.6 Å². The summed E-state index contributed by atoms with van der Waals surface area (Å²) in [6, 6.07) is 12.3. The lowest BCUT2D eigenvalue weighted by molar-refractivity contribution is -0.119. The lowest BCUT2D eigenvalue weighted by Crippen LogP contribution is -2.35. The van der Waals surface area contributed by atoms with Crippen molar-refractivity contribution in [3.63, 3.8) is 0 Å². The van der Waals surface area contributed by atoms with E-state index >= 15 is 0 Å². The number of carbonyl (C=O) groups excluding carboxylic acids is 1. The van der Waals surface area contributed by atoms with E-state index in [2.05, 4.69) is 5.10 Å². The number of halogens is 1. The first kappa shape index (κ1) is 18.2. The molecule has 0 radical (unpaired) electrons. The molecule has 0 unspecified atom stereocenters. The molecule has 3 aromatic rings. The number of anilines is 1. The minimum atomic E-state index is -0.402. The summed E-state index contributed by atoms with van der Waals surface area (Å²) in [4.78, 5) is 14.6. The molecule has 0 aliphatic carbocycles. The van der Waals surface area contributed by atoms with Crippen molar-refractivity contribution in [2.24, 2.45) is 0 Å². The highest BCUT2D eigenvalue weighted by molar-refractivity contribution is 5.93. The van der Waals surface area contributed by atoms with Gasteiger partial charge >= 0.3 is 0 Å². The van der Waals surface area contributed by atoms with E-state index in [4.69, 9.17) is 4.74 Å². The SMILES string of the molecule is CCCN(C(=O)Cn1ncc2c1-c1cc(C)ccc1OC2)c1ccccc1F. The fourth-order valence-corrected chi connectivity index (χ4v) is 3.56. The number of aryl methyl sites for hydroxylation is 1. The van der Waals surface area contributed by atoms with Crippen LogP contribution in [-0.2, 0) is 17.9 Å². The second-order valence-corrected chi connectivity index (χ2v) is 6.96. The van der Waals surface area contributed by atoms with Crippen LogP contribution in [0, 0.1) is 12.7 Å². The Kier molecular flexibility index (Phi) is 4.86. The van der Waals surface area contributed by atoms with Crippen molar-refractivity contribution >= 4 is 11.6 Å². The van der Waals surface area contributed by atoms with Crippen LogP contribution in [0.2, 0.25) is 0 Å². The Labute approximate surface area is 163 Å². The zero-order valence-corrected chi connectivity index (χ0v) is 16.0. The third-order valence-electron chi connectivity index (χ3n) is 4.87. The van der Waals surface area contributed by atoms with Gasteiger partial charge in [0.15, 0.2) is 0 Å². The summed E-state index contributed by atoms with van der Waals surface area (Å²) in [6.07, 6.45) is 2.47. The summed E-state index contributed by atoms with van der Waals surface area (Å²) < 4.78 is 21.8. The number of carbonyl (C=O) groups is 1. The summed E-state index contributed by atoms with van der Waals surface area (Å²) in [5.41, 5.74) is 4.17. The first-order valence-corrected chi connectivity index (χ1v) is 9.42. The van der Waals surface area contributed by atoms with E-state index in [1.54, 1.807) is 29.1 Å². The zero-order valence-electron chi connectivity index (χ0n) is 16.0. The van der Waals surface area contributed by atoms with Crippen LogP contribution in [0.3, 0.4) is 0 Å². The molecule has 0 saturated heterocycles. The maximum atomic E-state index is 14.3. The fraction of sp³-hybridized carbons (Fsp3) is 0.273. The number of para-hydroxylation sites is 1. The molecule has 4 rings (SSSR count). The highest BCUT2D eigenvalue weighted by Crippen LogP contribution is 2.38. The number of amides is 1. The van der Waals surface area contributed by atoms with E-state index in [1.165, 1.54) is 11.0 Å². The second kappa shape index (κ2) is 7.46. The largest absolute Gasteiger partial charge is 0.488 e. The Hall–Kier alpha value is -3.15. The van der Waals surface area contributed by atoms with Gasteiger partial charge in [0.25, 0.3) is 0 Å². The van der Waals surface area contributed by atoms with Crippen LogP contribution >= 0.6 is 0 Å². The molecule has 0 atom stereocenters. The maximum absolute atomic E-state index is 14.3. The van der Waals surface area contributed by atoms with E-state index in [0.29, 0.717) is 18.8 Å². The summed E-state index contributed by atoms with van der Waals surface area (Å²) in [5.74, 6) is 0.187. The topological polar surface area (TPSA) is 47.4 Å². The Morgan fingerprint density at radius 2 is 2.11 bits per heavy atom. The molecule has 2 heterocycles. The molecule has 1 aromatic heterocycles. The number of benzene rings is 2. The molecule has 2 aromatic carbocycles. The molecule has 144 valence electrons. The molecular formula is C22H22FN3O2. The smallest absolute Gasteiger partial charge is 0.248 e. The maximum Gasteiger partial charge on any atom is 0.248 e. The van der Waals surface area contributed by atoms with Gasteiger partial charge in [0.05, 0.1) is 17.6 Å². The zero-order chi connectivity index (χ0) is 19.7. The van der Waals surface area contributed by atoms with Gasteiger partial charge in [-0.3, -0.25) is 9.48 Å². The Balaban J connectivity index is 1.68. The second-order valence-electron chi connectivity index (χ2n) is 6.96. The molecule has 0 fully saturated rings. The lowest BCUT2D eigenvalue weighted by atomic mass is 10.0. The van der Waals surface area contributed by atoms with Crippen LogP contribution < -0.4 is 9.64 Å². The van der Waals surface area contributed by atoms with E-state index in [0.717, 1.165) is 34.6 Å². The molecule has 1 aliphatic heterocycles. The quantitative estimate of drug-likeness (QED) is 0.663. The fourth-order valence-electron chi connectivity index (χ4n) is 3.56. The summed E-state index contributed by atoms with van der Waals surface area (Å²) >= 11 is 0. The molecule has 0 spiro atoms. The number of nitrogens with zero attached hydrogens (tertiary/aromatic N) is 3. The molecule has 28 heavy (non-hydrogen) atoms.